The predicted octanol–water partition coefficient (Wildman–Crippen LogP) is 3.90. The number of carbonyl (C=O) groups is 2. The van der Waals surface area contributed by atoms with E-state index in [0.717, 1.165) is 5.56 Å². The molecular formula is C19H22F2N2O4. The average Bonchev–Trinajstić information content (AvgIpc) is 2.89. The van der Waals surface area contributed by atoms with Crippen LogP contribution in [0, 0.1) is 13.8 Å². The molecule has 0 aliphatic rings. The maximum Gasteiger partial charge on any atom is 0.387 e. The first-order chi connectivity index (χ1) is 12.7. The van der Waals surface area contributed by atoms with Crippen molar-refractivity contribution in [1.29, 1.82) is 0 Å². The van der Waals surface area contributed by atoms with Crippen LogP contribution in [0.4, 0.5) is 8.78 Å². The molecule has 2 N–H and O–H groups in total. The summed E-state index contributed by atoms with van der Waals surface area (Å²) in [6, 6.07) is 5.63. The highest BCUT2D eigenvalue weighted by Gasteiger charge is 2.23. The summed E-state index contributed by atoms with van der Waals surface area (Å²) in [5.74, 6) is -0.820. The van der Waals surface area contributed by atoms with Crippen molar-refractivity contribution in [3.63, 3.8) is 0 Å². The minimum absolute atomic E-state index is 0.0437. The summed E-state index contributed by atoms with van der Waals surface area (Å²) < 4.78 is 33.7. The number of esters is 1. The number of hydrogen-bond donors (Lipinski definition) is 2. The summed E-state index contributed by atoms with van der Waals surface area (Å²) in [4.78, 5) is 27.5. The van der Waals surface area contributed by atoms with Gasteiger partial charge in [0.15, 0.2) is 0 Å². The third-order valence-corrected chi connectivity index (χ3v) is 4.10. The number of benzene rings is 1. The van der Waals surface area contributed by atoms with E-state index in [-0.39, 0.29) is 30.0 Å². The quantitative estimate of drug-likeness (QED) is 0.714. The van der Waals surface area contributed by atoms with Gasteiger partial charge in [-0.2, -0.15) is 8.78 Å². The predicted molar refractivity (Wildman–Crippen MR) is 95.2 cm³/mol. The maximum absolute atomic E-state index is 12.6. The van der Waals surface area contributed by atoms with E-state index < -0.39 is 12.6 Å². The molecule has 0 aliphatic heterocycles. The summed E-state index contributed by atoms with van der Waals surface area (Å²) >= 11 is 0. The van der Waals surface area contributed by atoms with E-state index >= 15 is 0 Å². The lowest BCUT2D eigenvalue weighted by Crippen LogP contribution is -2.27. The first-order valence-corrected chi connectivity index (χ1v) is 8.46. The Kier molecular flexibility index (Phi) is 6.55. The van der Waals surface area contributed by atoms with Gasteiger partial charge in [-0.05, 0) is 51.0 Å². The fourth-order valence-electron chi connectivity index (χ4n) is 2.78. The van der Waals surface area contributed by atoms with Crippen LogP contribution in [0.3, 0.4) is 0 Å². The first kappa shape index (κ1) is 20.4. The maximum atomic E-state index is 12.6. The number of halogens is 2. The molecule has 27 heavy (non-hydrogen) atoms. The van der Waals surface area contributed by atoms with Crippen LogP contribution in [0.2, 0.25) is 0 Å². The molecule has 0 bridgehead atoms. The van der Waals surface area contributed by atoms with E-state index in [1.54, 1.807) is 39.8 Å². The highest BCUT2D eigenvalue weighted by atomic mass is 19.3. The van der Waals surface area contributed by atoms with E-state index in [4.69, 9.17) is 4.74 Å². The van der Waals surface area contributed by atoms with Crippen molar-refractivity contribution < 1.29 is 27.8 Å². The van der Waals surface area contributed by atoms with E-state index in [1.807, 2.05) is 0 Å². The van der Waals surface area contributed by atoms with Gasteiger partial charge >= 0.3 is 12.6 Å². The van der Waals surface area contributed by atoms with Crippen LogP contribution in [-0.4, -0.2) is 30.1 Å². The molecule has 146 valence electrons. The fourth-order valence-corrected chi connectivity index (χ4v) is 2.78. The molecule has 1 atom stereocenters. The summed E-state index contributed by atoms with van der Waals surface area (Å²) in [6.45, 7) is 4.20. The molecule has 0 saturated carbocycles. The zero-order chi connectivity index (χ0) is 20.1. The van der Waals surface area contributed by atoms with Crippen LogP contribution in [0.5, 0.6) is 5.75 Å². The number of hydrogen-bond acceptors (Lipinski definition) is 4. The van der Waals surface area contributed by atoms with Crippen LogP contribution >= 0.6 is 0 Å². The Labute approximate surface area is 155 Å². The van der Waals surface area contributed by atoms with Gasteiger partial charge in [0, 0.05) is 5.69 Å². The van der Waals surface area contributed by atoms with Crippen molar-refractivity contribution in [2.24, 2.45) is 0 Å². The smallest absolute Gasteiger partial charge is 0.387 e. The highest BCUT2D eigenvalue weighted by molar-refractivity contribution is 6.00. The van der Waals surface area contributed by atoms with Crippen LogP contribution in [0.25, 0.3) is 0 Å². The monoisotopic (exact) mass is 380 g/mol. The van der Waals surface area contributed by atoms with Gasteiger partial charge in [0.25, 0.3) is 5.91 Å². The molecule has 1 amide bonds. The number of nitrogens with one attached hydrogen (secondary N) is 2. The molecule has 1 unspecified atom stereocenters. The third kappa shape index (κ3) is 4.84. The van der Waals surface area contributed by atoms with E-state index in [2.05, 4.69) is 15.0 Å². The Balaban J connectivity index is 2.12. The van der Waals surface area contributed by atoms with E-state index in [0.29, 0.717) is 16.8 Å². The van der Waals surface area contributed by atoms with Gasteiger partial charge in [-0.25, -0.2) is 4.79 Å². The molecule has 0 radical (unpaired) electrons. The fraction of sp³-hybridized carbons (Fsp3) is 0.368. The van der Waals surface area contributed by atoms with Crippen molar-refractivity contribution in [2.75, 3.05) is 6.61 Å². The summed E-state index contributed by atoms with van der Waals surface area (Å²) in [5, 5.41) is 2.81. The van der Waals surface area contributed by atoms with Crippen molar-refractivity contribution >= 4 is 11.9 Å². The molecule has 0 fully saturated rings. The largest absolute Gasteiger partial charge is 0.462 e. The van der Waals surface area contributed by atoms with Gasteiger partial charge in [0.1, 0.15) is 11.4 Å². The number of amides is 1. The Hall–Kier alpha value is -2.90. The first-order valence-electron chi connectivity index (χ1n) is 8.46. The number of H-pyrrole nitrogens is 1. The van der Waals surface area contributed by atoms with Gasteiger partial charge in [-0.3, -0.25) is 4.79 Å². The lowest BCUT2D eigenvalue weighted by atomic mass is 10.1. The summed E-state index contributed by atoms with van der Waals surface area (Å²) in [5.41, 5.74) is 2.41. The Bertz CT molecular complexity index is 816. The number of alkyl halides is 2. The van der Waals surface area contributed by atoms with Crippen LogP contribution < -0.4 is 10.1 Å². The highest BCUT2D eigenvalue weighted by Crippen LogP contribution is 2.22. The van der Waals surface area contributed by atoms with Gasteiger partial charge in [-0.15, -0.1) is 0 Å². The lowest BCUT2D eigenvalue weighted by molar-refractivity contribution is -0.0498. The van der Waals surface area contributed by atoms with Gasteiger partial charge in [0.05, 0.1) is 18.2 Å². The van der Waals surface area contributed by atoms with Crippen LogP contribution in [-0.2, 0) is 4.74 Å². The van der Waals surface area contributed by atoms with Gasteiger partial charge in [0.2, 0.25) is 0 Å². The zero-order valence-corrected chi connectivity index (χ0v) is 15.6. The van der Waals surface area contributed by atoms with Crippen LogP contribution in [0.15, 0.2) is 24.3 Å². The van der Waals surface area contributed by atoms with Crippen molar-refractivity contribution in [3.8, 4) is 5.75 Å². The minimum atomic E-state index is -2.89. The number of aryl methyl sites for hydroxylation is 1. The van der Waals surface area contributed by atoms with E-state index in [1.165, 1.54) is 12.1 Å². The number of aromatic nitrogens is 1. The SMILES string of the molecule is CCOC(=O)c1c(C)[nH]c(C(=O)NC(C)c2ccc(OC(F)F)cc2)c1C. The molecule has 2 aromatic rings. The second kappa shape index (κ2) is 8.66. The molecular weight excluding hydrogens is 358 g/mol. The normalized spacial score (nSPS) is 12.0. The Morgan fingerprint density at radius 3 is 2.37 bits per heavy atom. The third-order valence-electron chi connectivity index (χ3n) is 4.10. The molecule has 1 heterocycles. The van der Waals surface area contributed by atoms with Crippen LogP contribution in [0.1, 0.15) is 57.6 Å². The van der Waals surface area contributed by atoms with Crippen molar-refractivity contribution in [1.82, 2.24) is 10.3 Å². The molecule has 8 heteroatoms. The van der Waals surface area contributed by atoms with E-state index in [9.17, 15) is 18.4 Å². The standard InChI is InChI=1S/C19H22F2N2O4/c1-5-26-18(25)15-10(2)16(22-12(15)4)17(24)23-11(3)13-6-8-14(9-7-13)27-19(20)21/h6-9,11,19,22H,5H2,1-4H3,(H,23,24). The zero-order valence-electron chi connectivity index (χ0n) is 15.6. The molecule has 1 aromatic carbocycles. The van der Waals surface area contributed by atoms with Crippen molar-refractivity contribution in [3.05, 3.63) is 52.3 Å². The molecule has 0 aliphatic carbocycles. The molecule has 6 nitrogen and oxygen atoms in total. The lowest BCUT2D eigenvalue weighted by Gasteiger charge is -2.15. The number of rotatable bonds is 7. The summed E-state index contributed by atoms with van der Waals surface area (Å²) in [7, 11) is 0. The number of ether oxygens (including phenoxy) is 2. The van der Waals surface area contributed by atoms with Gasteiger partial charge in [-0.1, -0.05) is 12.1 Å². The molecule has 1 aromatic heterocycles. The van der Waals surface area contributed by atoms with Gasteiger partial charge < -0.3 is 19.8 Å². The molecule has 0 spiro atoms. The Morgan fingerprint density at radius 1 is 1.19 bits per heavy atom. The number of carbonyl (C=O) groups excluding carboxylic acids is 2. The number of aromatic amines is 1. The second-order valence-corrected chi connectivity index (χ2v) is 5.99. The van der Waals surface area contributed by atoms with Crippen molar-refractivity contribution in [2.45, 2.75) is 40.3 Å². The molecule has 2 rings (SSSR count). The average molecular weight is 380 g/mol. The summed E-state index contributed by atoms with van der Waals surface area (Å²) in [6.07, 6.45) is 0. The molecule has 0 saturated heterocycles. The minimum Gasteiger partial charge on any atom is -0.462 e. The Morgan fingerprint density at radius 2 is 1.81 bits per heavy atom. The second-order valence-electron chi connectivity index (χ2n) is 5.99. The topological polar surface area (TPSA) is 80.4 Å².